The van der Waals surface area contributed by atoms with Crippen molar-refractivity contribution < 1.29 is 9.59 Å². The van der Waals surface area contributed by atoms with Crippen molar-refractivity contribution >= 4 is 52.5 Å². The van der Waals surface area contributed by atoms with Crippen LogP contribution >= 0.6 is 23.2 Å². The molecule has 0 aromatic heterocycles. The lowest BCUT2D eigenvalue weighted by Crippen LogP contribution is -2.14. The molecule has 5 nitrogen and oxygen atoms in total. The Morgan fingerprint density at radius 2 is 1.63 bits per heavy atom. The topological polar surface area (TPSA) is 82.0 Å². The third-order valence-corrected chi connectivity index (χ3v) is 4.63. The van der Waals surface area contributed by atoms with Gasteiger partial charge in [-0.05, 0) is 60.2 Å². The van der Waals surface area contributed by atoms with E-state index in [4.69, 9.17) is 23.2 Å². The summed E-state index contributed by atoms with van der Waals surface area (Å²) in [6, 6.07) is 21.9. The Kier molecular flexibility index (Phi) is 6.87. The maximum absolute atomic E-state index is 12.4. The van der Waals surface area contributed by atoms with Gasteiger partial charge in [-0.15, -0.1) is 0 Å². The number of amides is 2. The number of carbonyl (C=O) groups is 2. The molecule has 0 unspecified atom stereocenters. The largest absolute Gasteiger partial charge is 0.322 e. The Hall–Kier alpha value is -3.59. The molecule has 0 radical (unpaired) electrons. The number of anilines is 2. The molecule has 0 saturated carbocycles. The number of benzene rings is 3. The van der Waals surface area contributed by atoms with Crippen LogP contribution < -0.4 is 10.6 Å². The molecule has 0 aliphatic rings. The first-order chi connectivity index (χ1) is 14.5. The number of halogens is 2. The number of para-hydroxylation sites is 1. The predicted octanol–water partition coefficient (Wildman–Crippen LogP) is 5.79. The molecule has 3 aromatic rings. The van der Waals surface area contributed by atoms with Gasteiger partial charge in [0.25, 0.3) is 11.8 Å². The van der Waals surface area contributed by atoms with E-state index in [0.29, 0.717) is 32.5 Å². The SMILES string of the molecule is N#C/C(=C\c1cccc(NC(=O)c2ccc(Cl)cc2)c1)C(=O)Nc1ccccc1Cl. The fourth-order valence-corrected chi connectivity index (χ4v) is 2.89. The maximum atomic E-state index is 12.4. The molecule has 30 heavy (non-hydrogen) atoms. The zero-order valence-electron chi connectivity index (χ0n) is 15.5. The number of carbonyl (C=O) groups excluding carboxylic acids is 2. The summed E-state index contributed by atoms with van der Waals surface area (Å²) in [5.41, 5.74) is 1.87. The summed E-state index contributed by atoms with van der Waals surface area (Å²) in [5, 5.41) is 15.7. The highest BCUT2D eigenvalue weighted by atomic mass is 35.5. The van der Waals surface area contributed by atoms with Crippen LogP contribution in [0.25, 0.3) is 6.08 Å². The summed E-state index contributed by atoms with van der Waals surface area (Å²) in [4.78, 5) is 24.8. The Balaban J connectivity index is 1.76. The van der Waals surface area contributed by atoms with Crippen LogP contribution in [0.2, 0.25) is 10.0 Å². The van der Waals surface area contributed by atoms with E-state index in [1.54, 1.807) is 72.8 Å². The minimum absolute atomic E-state index is 0.101. The summed E-state index contributed by atoms with van der Waals surface area (Å²) in [6.45, 7) is 0. The average molecular weight is 436 g/mol. The molecule has 0 saturated heterocycles. The average Bonchev–Trinajstić information content (AvgIpc) is 2.74. The highest BCUT2D eigenvalue weighted by molar-refractivity contribution is 6.34. The molecular formula is C23H15Cl2N3O2. The van der Waals surface area contributed by atoms with Crippen LogP contribution in [0.3, 0.4) is 0 Å². The van der Waals surface area contributed by atoms with Crippen molar-refractivity contribution in [2.75, 3.05) is 10.6 Å². The molecule has 2 amide bonds. The van der Waals surface area contributed by atoms with E-state index in [0.717, 1.165) is 0 Å². The van der Waals surface area contributed by atoms with Crippen molar-refractivity contribution in [3.05, 3.63) is 99.5 Å². The normalized spacial score (nSPS) is 10.8. The van der Waals surface area contributed by atoms with Gasteiger partial charge >= 0.3 is 0 Å². The Bertz CT molecular complexity index is 1170. The summed E-state index contributed by atoms with van der Waals surface area (Å²) < 4.78 is 0. The fraction of sp³-hybridized carbons (Fsp3) is 0. The van der Waals surface area contributed by atoms with E-state index in [-0.39, 0.29) is 11.5 Å². The van der Waals surface area contributed by atoms with E-state index >= 15 is 0 Å². The third-order valence-electron chi connectivity index (χ3n) is 4.05. The Morgan fingerprint density at radius 3 is 2.33 bits per heavy atom. The van der Waals surface area contributed by atoms with Crippen molar-refractivity contribution in [3.8, 4) is 6.07 Å². The lowest BCUT2D eigenvalue weighted by molar-refractivity contribution is -0.112. The molecule has 3 rings (SSSR count). The molecule has 0 bridgehead atoms. The highest BCUT2D eigenvalue weighted by Crippen LogP contribution is 2.22. The maximum Gasteiger partial charge on any atom is 0.266 e. The van der Waals surface area contributed by atoms with Crippen LogP contribution in [0.1, 0.15) is 15.9 Å². The van der Waals surface area contributed by atoms with E-state index in [9.17, 15) is 14.9 Å². The van der Waals surface area contributed by atoms with Crippen molar-refractivity contribution in [3.63, 3.8) is 0 Å². The van der Waals surface area contributed by atoms with Crippen molar-refractivity contribution in [2.24, 2.45) is 0 Å². The molecule has 0 aliphatic heterocycles. The van der Waals surface area contributed by atoms with E-state index in [1.165, 1.54) is 6.08 Å². The van der Waals surface area contributed by atoms with Crippen LogP contribution in [0.15, 0.2) is 78.4 Å². The van der Waals surface area contributed by atoms with Gasteiger partial charge in [0.2, 0.25) is 0 Å². The van der Waals surface area contributed by atoms with Gasteiger partial charge in [-0.25, -0.2) is 0 Å². The van der Waals surface area contributed by atoms with Crippen LogP contribution in [-0.2, 0) is 4.79 Å². The number of nitrogens with zero attached hydrogens (tertiary/aromatic N) is 1. The number of nitrogens with one attached hydrogen (secondary N) is 2. The molecule has 0 atom stereocenters. The van der Waals surface area contributed by atoms with E-state index < -0.39 is 5.91 Å². The summed E-state index contributed by atoms with van der Waals surface area (Å²) in [6.07, 6.45) is 1.43. The highest BCUT2D eigenvalue weighted by Gasteiger charge is 2.12. The zero-order chi connectivity index (χ0) is 21.5. The molecule has 7 heteroatoms. The molecule has 3 aromatic carbocycles. The van der Waals surface area contributed by atoms with E-state index in [2.05, 4.69) is 10.6 Å². The third kappa shape index (κ3) is 5.48. The lowest BCUT2D eigenvalue weighted by atomic mass is 10.1. The van der Waals surface area contributed by atoms with Gasteiger partial charge in [0, 0.05) is 16.3 Å². The molecule has 0 fully saturated rings. The molecular weight excluding hydrogens is 421 g/mol. The zero-order valence-corrected chi connectivity index (χ0v) is 17.0. The summed E-state index contributed by atoms with van der Waals surface area (Å²) >= 11 is 11.9. The second kappa shape index (κ2) is 9.75. The minimum Gasteiger partial charge on any atom is -0.322 e. The quantitative estimate of drug-likeness (QED) is 0.392. The Labute approximate surface area is 183 Å². The predicted molar refractivity (Wildman–Crippen MR) is 120 cm³/mol. The van der Waals surface area contributed by atoms with Gasteiger partial charge in [-0.2, -0.15) is 5.26 Å². The number of nitriles is 1. The molecule has 2 N–H and O–H groups in total. The van der Waals surface area contributed by atoms with Gasteiger partial charge in [0.1, 0.15) is 11.6 Å². The number of hydrogen-bond acceptors (Lipinski definition) is 3. The van der Waals surface area contributed by atoms with Crippen molar-refractivity contribution in [1.82, 2.24) is 0 Å². The fourth-order valence-electron chi connectivity index (χ4n) is 2.58. The first-order valence-corrected chi connectivity index (χ1v) is 9.56. The lowest BCUT2D eigenvalue weighted by Gasteiger charge is -2.08. The monoisotopic (exact) mass is 435 g/mol. The van der Waals surface area contributed by atoms with Crippen molar-refractivity contribution in [2.45, 2.75) is 0 Å². The van der Waals surface area contributed by atoms with E-state index in [1.807, 2.05) is 6.07 Å². The van der Waals surface area contributed by atoms with Crippen LogP contribution in [0.4, 0.5) is 11.4 Å². The van der Waals surface area contributed by atoms with Crippen molar-refractivity contribution in [1.29, 1.82) is 5.26 Å². The summed E-state index contributed by atoms with van der Waals surface area (Å²) in [7, 11) is 0. The molecule has 148 valence electrons. The minimum atomic E-state index is -0.582. The van der Waals surface area contributed by atoms with Gasteiger partial charge in [0.05, 0.1) is 10.7 Å². The van der Waals surface area contributed by atoms with Crippen LogP contribution in [0, 0.1) is 11.3 Å². The van der Waals surface area contributed by atoms with Gasteiger partial charge < -0.3 is 10.6 Å². The number of hydrogen-bond donors (Lipinski definition) is 2. The molecule has 0 spiro atoms. The molecule has 0 heterocycles. The second-order valence-corrected chi connectivity index (χ2v) is 7.03. The Morgan fingerprint density at radius 1 is 0.900 bits per heavy atom. The summed E-state index contributed by atoms with van der Waals surface area (Å²) in [5.74, 6) is -0.883. The smallest absolute Gasteiger partial charge is 0.266 e. The second-order valence-electron chi connectivity index (χ2n) is 6.19. The first-order valence-electron chi connectivity index (χ1n) is 8.81. The van der Waals surface area contributed by atoms with Gasteiger partial charge in [-0.3, -0.25) is 9.59 Å². The van der Waals surface area contributed by atoms with Gasteiger partial charge in [-0.1, -0.05) is 47.5 Å². The molecule has 0 aliphatic carbocycles. The van der Waals surface area contributed by atoms with Crippen LogP contribution in [0.5, 0.6) is 0 Å². The van der Waals surface area contributed by atoms with Gasteiger partial charge in [0.15, 0.2) is 0 Å². The standard InChI is InChI=1S/C23H15Cl2N3O2/c24-18-10-8-16(9-11-18)22(29)27-19-5-3-4-15(13-19)12-17(14-26)23(30)28-21-7-2-1-6-20(21)25/h1-13H,(H,27,29)(H,28,30)/b17-12+. The number of rotatable bonds is 5. The van der Waals surface area contributed by atoms with Crippen LogP contribution in [-0.4, -0.2) is 11.8 Å². The first kappa shape index (κ1) is 21.1.